The third kappa shape index (κ3) is 3.60. The molecule has 0 atom stereocenters. The molecule has 40 heavy (non-hydrogen) atoms. The zero-order valence-electron chi connectivity index (χ0n) is 21.4. The van der Waals surface area contributed by atoms with Crippen molar-refractivity contribution in [3.63, 3.8) is 0 Å². The second-order valence-electron chi connectivity index (χ2n) is 9.76. The molecule has 5 heteroatoms. The number of hydrogen-bond donors (Lipinski definition) is 0. The summed E-state index contributed by atoms with van der Waals surface area (Å²) in [6.07, 6.45) is 5.45. The number of benzene rings is 4. The van der Waals surface area contributed by atoms with Gasteiger partial charge in [-0.2, -0.15) is 0 Å². The Kier molecular flexibility index (Phi) is 5.07. The summed E-state index contributed by atoms with van der Waals surface area (Å²) >= 11 is 0. The molecule has 8 aromatic rings. The molecule has 0 fully saturated rings. The lowest BCUT2D eigenvalue weighted by Crippen LogP contribution is -1.95. The Hall–Kier alpha value is -5.55. The van der Waals surface area contributed by atoms with Gasteiger partial charge >= 0.3 is 0 Å². The molecule has 0 aliphatic heterocycles. The number of hydrogen-bond acceptors (Lipinski definition) is 4. The van der Waals surface area contributed by atoms with Crippen molar-refractivity contribution < 1.29 is 4.42 Å². The maximum atomic E-state index is 6.43. The number of oxazole rings is 1. The molecular formula is C35H22N4O. The van der Waals surface area contributed by atoms with Gasteiger partial charge in [-0.05, 0) is 54.6 Å². The van der Waals surface area contributed by atoms with Crippen molar-refractivity contribution >= 4 is 32.9 Å². The van der Waals surface area contributed by atoms with Gasteiger partial charge in [-0.25, -0.2) is 4.98 Å². The molecule has 0 spiro atoms. The number of pyridine rings is 2. The van der Waals surface area contributed by atoms with Gasteiger partial charge in [0.1, 0.15) is 5.52 Å². The number of nitrogens with zero attached hydrogens (tertiary/aromatic N) is 4. The Morgan fingerprint density at radius 1 is 0.600 bits per heavy atom. The SMILES string of the molecule is c1ccc(-c2cccc(-n3c4ccccc4c4ccc(-c5nc6cccc(-c7cccnc7)c6o5)cc43)c2)nc1. The highest BCUT2D eigenvalue weighted by atomic mass is 16.3. The topological polar surface area (TPSA) is 56.7 Å². The maximum Gasteiger partial charge on any atom is 0.227 e. The van der Waals surface area contributed by atoms with Gasteiger partial charge in [0.05, 0.1) is 16.7 Å². The third-order valence-electron chi connectivity index (χ3n) is 7.37. The Morgan fingerprint density at radius 2 is 1.48 bits per heavy atom. The van der Waals surface area contributed by atoms with E-state index in [-0.39, 0.29) is 0 Å². The van der Waals surface area contributed by atoms with Gasteiger partial charge in [0, 0.05) is 57.3 Å². The van der Waals surface area contributed by atoms with Gasteiger partial charge < -0.3 is 8.98 Å². The van der Waals surface area contributed by atoms with E-state index in [0.29, 0.717) is 5.89 Å². The smallest absolute Gasteiger partial charge is 0.227 e. The van der Waals surface area contributed by atoms with Crippen LogP contribution in [0.1, 0.15) is 0 Å². The molecule has 5 nitrogen and oxygen atoms in total. The van der Waals surface area contributed by atoms with Crippen molar-refractivity contribution in [3.05, 3.63) is 134 Å². The summed E-state index contributed by atoms with van der Waals surface area (Å²) in [4.78, 5) is 13.7. The van der Waals surface area contributed by atoms with Gasteiger partial charge in [0.2, 0.25) is 5.89 Å². The first-order valence-electron chi connectivity index (χ1n) is 13.2. The zero-order chi connectivity index (χ0) is 26.5. The minimum Gasteiger partial charge on any atom is -0.435 e. The lowest BCUT2D eigenvalue weighted by Gasteiger charge is -2.10. The fourth-order valence-corrected chi connectivity index (χ4v) is 5.54. The number of aromatic nitrogens is 4. The summed E-state index contributed by atoms with van der Waals surface area (Å²) in [5.74, 6) is 0.590. The molecule has 188 valence electrons. The first kappa shape index (κ1) is 22.4. The molecular weight excluding hydrogens is 492 g/mol. The van der Waals surface area contributed by atoms with Crippen molar-refractivity contribution in [1.29, 1.82) is 0 Å². The van der Waals surface area contributed by atoms with E-state index in [4.69, 9.17) is 9.40 Å². The fraction of sp³-hybridized carbons (Fsp3) is 0. The fourth-order valence-electron chi connectivity index (χ4n) is 5.54. The second-order valence-corrected chi connectivity index (χ2v) is 9.76. The molecule has 0 amide bonds. The Bertz CT molecular complexity index is 2160. The summed E-state index contributed by atoms with van der Waals surface area (Å²) < 4.78 is 8.74. The summed E-state index contributed by atoms with van der Waals surface area (Å²) in [6, 6.07) is 39.5. The Morgan fingerprint density at radius 3 is 2.38 bits per heavy atom. The first-order chi connectivity index (χ1) is 19.8. The Balaban J connectivity index is 1.33. The normalized spacial score (nSPS) is 11.5. The van der Waals surface area contributed by atoms with Crippen molar-refractivity contribution in [2.45, 2.75) is 0 Å². The molecule has 0 saturated heterocycles. The molecule has 4 heterocycles. The van der Waals surface area contributed by atoms with E-state index in [1.54, 1.807) is 6.20 Å². The predicted octanol–water partition coefficient (Wildman–Crippen LogP) is 8.72. The standard InChI is InChI=1S/C35H22N4O/c1-2-15-32-28(11-1)29-17-16-24(35-38-31-14-6-12-27(34(31)40-35)25-9-7-18-36-22-25)21-33(29)39(32)26-10-5-8-23(20-26)30-13-3-4-19-37-30/h1-22H. The Labute approximate surface area is 230 Å². The molecule has 8 rings (SSSR count). The minimum absolute atomic E-state index is 0.590. The average molecular weight is 515 g/mol. The van der Waals surface area contributed by atoms with Crippen LogP contribution in [0.25, 0.3) is 72.4 Å². The monoisotopic (exact) mass is 514 g/mol. The highest BCUT2D eigenvalue weighted by molar-refractivity contribution is 6.10. The van der Waals surface area contributed by atoms with Crippen molar-refractivity contribution in [2.24, 2.45) is 0 Å². The summed E-state index contributed by atoms with van der Waals surface area (Å²) in [6.45, 7) is 0. The molecule has 0 unspecified atom stereocenters. The summed E-state index contributed by atoms with van der Waals surface area (Å²) in [5.41, 5.74) is 9.80. The molecule has 0 radical (unpaired) electrons. The minimum atomic E-state index is 0.590. The van der Waals surface area contributed by atoms with Crippen LogP contribution in [0.3, 0.4) is 0 Å². The van der Waals surface area contributed by atoms with Crippen LogP contribution in [0.2, 0.25) is 0 Å². The van der Waals surface area contributed by atoms with E-state index in [1.807, 2.05) is 60.9 Å². The highest BCUT2D eigenvalue weighted by Gasteiger charge is 2.17. The van der Waals surface area contributed by atoms with E-state index < -0.39 is 0 Å². The number of rotatable bonds is 4. The van der Waals surface area contributed by atoms with Crippen LogP contribution in [0, 0.1) is 0 Å². The molecule has 0 aliphatic carbocycles. The van der Waals surface area contributed by atoms with Crippen LogP contribution in [-0.4, -0.2) is 19.5 Å². The van der Waals surface area contributed by atoms with Crippen LogP contribution in [0.5, 0.6) is 0 Å². The van der Waals surface area contributed by atoms with E-state index >= 15 is 0 Å². The zero-order valence-corrected chi connectivity index (χ0v) is 21.4. The van der Waals surface area contributed by atoms with Gasteiger partial charge in [-0.15, -0.1) is 0 Å². The van der Waals surface area contributed by atoms with E-state index in [2.05, 4.69) is 81.3 Å². The molecule has 0 aliphatic rings. The summed E-state index contributed by atoms with van der Waals surface area (Å²) in [5, 5.41) is 2.37. The van der Waals surface area contributed by atoms with Crippen LogP contribution in [0.4, 0.5) is 0 Å². The average Bonchev–Trinajstić information content (AvgIpc) is 3.61. The quantitative estimate of drug-likeness (QED) is 0.236. The third-order valence-corrected chi connectivity index (χ3v) is 7.37. The van der Waals surface area contributed by atoms with Crippen molar-refractivity contribution in [1.82, 2.24) is 19.5 Å². The first-order valence-corrected chi connectivity index (χ1v) is 13.2. The molecule has 0 bridgehead atoms. The molecule has 4 aromatic carbocycles. The second kappa shape index (κ2) is 9.03. The van der Waals surface area contributed by atoms with Crippen LogP contribution < -0.4 is 0 Å². The molecule has 0 N–H and O–H groups in total. The largest absolute Gasteiger partial charge is 0.435 e. The number of para-hydroxylation sites is 2. The molecule has 4 aromatic heterocycles. The van der Waals surface area contributed by atoms with Gasteiger partial charge in [0.15, 0.2) is 5.58 Å². The van der Waals surface area contributed by atoms with Crippen LogP contribution >= 0.6 is 0 Å². The van der Waals surface area contributed by atoms with Crippen molar-refractivity contribution in [3.8, 4) is 39.5 Å². The maximum absolute atomic E-state index is 6.43. The lowest BCUT2D eigenvalue weighted by molar-refractivity contribution is 0.621. The van der Waals surface area contributed by atoms with E-state index in [1.165, 1.54) is 10.8 Å². The molecule has 0 saturated carbocycles. The van der Waals surface area contributed by atoms with E-state index in [9.17, 15) is 0 Å². The highest BCUT2D eigenvalue weighted by Crippen LogP contribution is 2.37. The predicted molar refractivity (Wildman–Crippen MR) is 160 cm³/mol. The number of fused-ring (bicyclic) bond motifs is 4. The lowest BCUT2D eigenvalue weighted by atomic mass is 10.1. The summed E-state index contributed by atoms with van der Waals surface area (Å²) in [7, 11) is 0. The van der Waals surface area contributed by atoms with E-state index in [0.717, 1.165) is 55.8 Å². The van der Waals surface area contributed by atoms with Gasteiger partial charge in [-0.1, -0.05) is 60.7 Å². The van der Waals surface area contributed by atoms with Gasteiger partial charge in [0.25, 0.3) is 0 Å². The van der Waals surface area contributed by atoms with Crippen LogP contribution in [-0.2, 0) is 0 Å². The van der Waals surface area contributed by atoms with Crippen molar-refractivity contribution in [2.75, 3.05) is 0 Å². The van der Waals surface area contributed by atoms with Crippen LogP contribution in [0.15, 0.2) is 138 Å². The van der Waals surface area contributed by atoms with Gasteiger partial charge in [-0.3, -0.25) is 9.97 Å².